The van der Waals surface area contributed by atoms with Crippen molar-refractivity contribution in [3.63, 3.8) is 0 Å². The van der Waals surface area contributed by atoms with Crippen molar-refractivity contribution < 1.29 is 0 Å². The van der Waals surface area contributed by atoms with E-state index in [9.17, 15) is 0 Å². The molecule has 0 aliphatic rings. The van der Waals surface area contributed by atoms with Crippen LogP contribution in [0.15, 0.2) is 96.1 Å². The first-order chi connectivity index (χ1) is 14.2. The third-order valence-corrected chi connectivity index (χ3v) is 17.3. The molecular formula is C24H27IN3P. The average molecular weight is 515 g/mol. The second-order valence-corrected chi connectivity index (χ2v) is 18.0. The molecule has 0 heterocycles. The summed E-state index contributed by atoms with van der Waals surface area (Å²) < 4.78 is -2.62. The number of unbranched alkanes of at least 4 members (excludes halogenated alkanes) is 3. The van der Waals surface area contributed by atoms with Gasteiger partial charge in [0.25, 0.3) is 0 Å². The Kier molecular flexibility index (Phi) is 7.71. The first-order valence-corrected chi connectivity index (χ1v) is 15.3. The molecule has 0 amide bonds. The third-order valence-electron chi connectivity index (χ3n) is 5.53. The molecule has 3 nitrogen and oxygen atoms in total. The van der Waals surface area contributed by atoms with Crippen molar-refractivity contribution >= 4 is 42.2 Å². The van der Waals surface area contributed by atoms with Gasteiger partial charge in [-0.15, -0.1) is 0 Å². The van der Waals surface area contributed by atoms with Gasteiger partial charge >= 0.3 is 187 Å². The summed E-state index contributed by atoms with van der Waals surface area (Å²) in [5.74, 6) is 0. The molecule has 0 radical (unpaired) electrons. The van der Waals surface area contributed by atoms with Crippen molar-refractivity contribution in [3.8, 4) is 0 Å². The van der Waals surface area contributed by atoms with Crippen molar-refractivity contribution in [1.82, 2.24) is 0 Å². The van der Waals surface area contributed by atoms with E-state index in [4.69, 9.17) is 5.53 Å². The van der Waals surface area contributed by atoms with E-state index < -0.39 is 4.25 Å². The maximum absolute atomic E-state index is 8.45. The van der Waals surface area contributed by atoms with Gasteiger partial charge in [-0.25, -0.2) is 0 Å². The summed E-state index contributed by atoms with van der Waals surface area (Å²) in [5.41, 5.74) is 8.45. The fraction of sp³-hybridized carbons (Fsp3) is 0.250. The van der Waals surface area contributed by atoms with Gasteiger partial charge in [0.1, 0.15) is 0 Å². The number of nitrogens with zero attached hydrogens (tertiary/aromatic N) is 3. The fourth-order valence-electron chi connectivity index (χ4n) is 4.04. The molecule has 3 aromatic rings. The third kappa shape index (κ3) is 4.66. The van der Waals surface area contributed by atoms with E-state index >= 15 is 0 Å². The Bertz CT molecular complexity index is 842. The topological polar surface area (TPSA) is 48.8 Å². The van der Waals surface area contributed by atoms with Gasteiger partial charge in [0.15, 0.2) is 0 Å². The van der Waals surface area contributed by atoms with Gasteiger partial charge in [0, 0.05) is 0 Å². The molecule has 0 unspecified atom stereocenters. The molecule has 29 heavy (non-hydrogen) atoms. The molecule has 0 aromatic heterocycles. The van der Waals surface area contributed by atoms with Gasteiger partial charge in [-0.05, 0) is 0 Å². The summed E-state index contributed by atoms with van der Waals surface area (Å²) in [6.07, 6.45) is 5.49. The SMILES string of the molecule is [N-]=[N+]=NCCCCCCP(I)(c1ccccc1)(c1ccccc1)c1ccccc1. The summed E-state index contributed by atoms with van der Waals surface area (Å²) in [4.78, 5) is 2.85. The van der Waals surface area contributed by atoms with E-state index in [0.717, 1.165) is 31.8 Å². The Morgan fingerprint density at radius 3 is 1.48 bits per heavy atom. The summed E-state index contributed by atoms with van der Waals surface area (Å²) in [5, 5.41) is 7.97. The molecule has 0 N–H and O–H groups in total. The van der Waals surface area contributed by atoms with Crippen LogP contribution in [0, 0.1) is 0 Å². The predicted molar refractivity (Wildman–Crippen MR) is 137 cm³/mol. The first kappa shape index (κ1) is 21.8. The molecule has 150 valence electrons. The van der Waals surface area contributed by atoms with E-state index in [1.54, 1.807) is 0 Å². The summed E-state index contributed by atoms with van der Waals surface area (Å²) in [6, 6.07) is 33.2. The van der Waals surface area contributed by atoms with Gasteiger partial charge in [0.2, 0.25) is 0 Å². The number of hydrogen-bond acceptors (Lipinski definition) is 1. The Hall–Kier alpha value is -1.87. The van der Waals surface area contributed by atoms with E-state index in [2.05, 4.69) is 123 Å². The standard InChI is InChI=1S/C24H27IN3P/c25-29(22-14-6-3-7-15-22,23-16-8-4-9-17-23,24-18-10-5-11-19-24)21-13-2-1-12-20-27-28-26/h3-11,14-19H,1-2,12-13,20-21H2. The van der Waals surface area contributed by atoms with Crippen molar-refractivity contribution in [2.24, 2.45) is 5.11 Å². The fourth-order valence-corrected chi connectivity index (χ4v) is 12.8. The number of azide groups is 1. The van der Waals surface area contributed by atoms with Crippen LogP contribution in [0.3, 0.4) is 0 Å². The van der Waals surface area contributed by atoms with Crippen LogP contribution in [0.25, 0.3) is 10.4 Å². The van der Waals surface area contributed by atoms with Crippen LogP contribution in [0.4, 0.5) is 0 Å². The van der Waals surface area contributed by atoms with Gasteiger partial charge in [-0.2, -0.15) is 0 Å². The first-order valence-electron chi connectivity index (χ1n) is 10.1. The second-order valence-electron chi connectivity index (χ2n) is 7.28. The number of hydrogen-bond donors (Lipinski definition) is 0. The molecule has 0 spiro atoms. The van der Waals surface area contributed by atoms with E-state index in [-0.39, 0.29) is 0 Å². The molecule has 0 fully saturated rings. The van der Waals surface area contributed by atoms with Crippen molar-refractivity contribution in [1.29, 1.82) is 0 Å². The molecule has 0 atom stereocenters. The molecule has 5 heteroatoms. The molecule has 0 aliphatic carbocycles. The van der Waals surface area contributed by atoms with Gasteiger partial charge < -0.3 is 0 Å². The minimum absolute atomic E-state index is 0.598. The summed E-state index contributed by atoms with van der Waals surface area (Å²) in [6.45, 7) is 0.598. The normalized spacial score (nSPS) is 12.5. The molecule has 3 aromatic carbocycles. The Labute approximate surface area is 186 Å². The van der Waals surface area contributed by atoms with Crippen LogP contribution in [0.1, 0.15) is 25.7 Å². The average Bonchev–Trinajstić information content (AvgIpc) is 2.80. The Balaban J connectivity index is 2.03. The quantitative estimate of drug-likeness (QED) is 0.0718. The molecular weight excluding hydrogens is 488 g/mol. The predicted octanol–water partition coefficient (Wildman–Crippen LogP) is 6.74. The summed E-state index contributed by atoms with van der Waals surface area (Å²) >= 11 is 2.84. The van der Waals surface area contributed by atoms with Crippen LogP contribution >= 0.6 is 26.3 Å². The van der Waals surface area contributed by atoms with Crippen LogP contribution in [0.5, 0.6) is 0 Å². The number of benzene rings is 3. The zero-order valence-electron chi connectivity index (χ0n) is 16.6. The van der Waals surface area contributed by atoms with E-state index in [1.807, 2.05) is 0 Å². The summed E-state index contributed by atoms with van der Waals surface area (Å²) in [7, 11) is 0. The Morgan fingerprint density at radius 2 is 1.07 bits per heavy atom. The molecule has 0 saturated carbocycles. The van der Waals surface area contributed by atoms with Crippen LogP contribution in [0.2, 0.25) is 0 Å². The molecule has 3 rings (SSSR count). The zero-order valence-corrected chi connectivity index (χ0v) is 19.6. The molecule has 0 aliphatic heterocycles. The van der Waals surface area contributed by atoms with Gasteiger partial charge in [-0.1, -0.05) is 0 Å². The maximum atomic E-state index is 8.45. The van der Waals surface area contributed by atoms with E-state index in [0.29, 0.717) is 6.54 Å². The van der Waals surface area contributed by atoms with Crippen LogP contribution in [-0.2, 0) is 0 Å². The number of halogens is 1. The van der Waals surface area contributed by atoms with Gasteiger partial charge in [-0.3, -0.25) is 0 Å². The zero-order chi connectivity index (χ0) is 20.4. The monoisotopic (exact) mass is 515 g/mol. The second kappa shape index (κ2) is 10.2. The minimum atomic E-state index is -2.62. The van der Waals surface area contributed by atoms with E-state index in [1.165, 1.54) is 15.9 Å². The van der Waals surface area contributed by atoms with Crippen LogP contribution < -0.4 is 15.9 Å². The molecule has 0 bridgehead atoms. The molecule has 0 saturated heterocycles. The van der Waals surface area contributed by atoms with Crippen LogP contribution in [-0.4, -0.2) is 12.7 Å². The van der Waals surface area contributed by atoms with Crippen molar-refractivity contribution in [3.05, 3.63) is 101 Å². The number of rotatable bonds is 10. The van der Waals surface area contributed by atoms with Crippen molar-refractivity contribution in [2.45, 2.75) is 25.7 Å². The Morgan fingerprint density at radius 1 is 0.655 bits per heavy atom. The van der Waals surface area contributed by atoms with Crippen molar-refractivity contribution in [2.75, 3.05) is 12.7 Å². The van der Waals surface area contributed by atoms with Gasteiger partial charge in [0.05, 0.1) is 0 Å².